The summed E-state index contributed by atoms with van der Waals surface area (Å²) in [6.45, 7) is 1.84. The van der Waals surface area contributed by atoms with Crippen molar-refractivity contribution in [1.82, 2.24) is 0 Å². The Labute approximate surface area is 123 Å². The highest BCUT2D eigenvalue weighted by Gasteiger charge is 2.06. The first-order valence-electron chi connectivity index (χ1n) is 6.10. The summed E-state index contributed by atoms with van der Waals surface area (Å²) in [6.07, 6.45) is 1.02. The van der Waals surface area contributed by atoms with Crippen molar-refractivity contribution in [3.8, 4) is 0 Å². The van der Waals surface area contributed by atoms with Gasteiger partial charge in [-0.2, -0.15) is 8.42 Å². The van der Waals surface area contributed by atoms with Gasteiger partial charge in [0.25, 0.3) is 10.1 Å². The lowest BCUT2D eigenvalue weighted by atomic mass is 10.2. The van der Waals surface area contributed by atoms with Gasteiger partial charge in [-0.05, 0) is 31.9 Å². The fourth-order valence-electron chi connectivity index (χ4n) is 1.26. The van der Waals surface area contributed by atoms with Crippen molar-refractivity contribution in [2.75, 3.05) is 0 Å². The molecule has 1 rings (SSSR count). The molecule has 0 amide bonds. The second-order valence-electron chi connectivity index (χ2n) is 4.28. The third kappa shape index (κ3) is 10.5. The molecule has 0 bridgehead atoms. The summed E-state index contributed by atoms with van der Waals surface area (Å²) >= 11 is 0. The van der Waals surface area contributed by atoms with E-state index in [0.717, 1.165) is 5.56 Å². The Morgan fingerprint density at radius 2 is 1.33 bits per heavy atom. The van der Waals surface area contributed by atoms with Crippen LogP contribution >= 0.6 is 0 Å². The number of carbonyl (C=O) groups is 2. The Morgan fingerprint density at radius 1 is 0.952 bits per heavy atom. The zero-order chi connectivity index (χ0) is 16.5. The molecule has 0 atom stereocenters. The molecule has 8 heteroatoms. The molecule has 0 aliphatic heterocycles. The van der Waals surface area contributed by atoms with Gasteiger partial charge in [-0.1, -0.05) is 17.7 Å². The van der Waals surface area contributed by atoms with Crippen LogP contribution in [0, 0.1) is 6.92 Å². The van der Waals surface area contributed by atoms with Crippen molar-refractivity contribution in [3.63, 3.8) is 0 Å². The number of hydrogen-bond donors (Lipinski definition) is 3. The lowest BCUT2D eigenvalue weighted by Crippen LogP contribution is -1.97. The molecule has 0 heterocycles. The third-order valence-corrected chi connectivity index (χ3v) is 3.22. The molecule has 1 aromatic rings. The van der Waals surface area contributed by atoms with Crippen LogP contribution in [0.1, 0.15) is 31.2 Å². The van der Waals surface area contributed by atoms with Crippen molar-refractivity contribution in [1.29, 1.82) is 0 Å². The van der Waals surface area contributed by atoms with Gasteiger partial charge in [0.15, 0.2) is 0 Å². The molecule has 0 saturated carbocycles. The average molecular weight is 318 g/mol. The topological polar surface area (TPSA) is 129 Å². The maximum absolute atomic E-state index is 10.5. The summed E-state index contributed by atoms with van der Waals surface area (Å²) in [4.78, 5) is 19.7. The Morgan fingerprint density at radius 3 is 1.62 bits per heavy atom. The van der Waals surface area contributed by atoms with Crippen LogP contribution in [0.5, 0.6) is 0 Å². The van der Waals surface area contributed by atoms with Crippen LogP contribution in [-0.2, 0) is 19.7 Å². The van der Waals surface area contributed by atoms with Gasteiger partial charge in [-0.25, -0.2) is 0 Å². The smallest absolute Gasteiger partial charge is 0.303 e. The first-order chi connectivity index (χ1) is 9.62. The molecule has 0 saturated heterocycles. The van der Waals surface area contributed by atoms with Crippen molar-refractivity contribution in [2.45, 2.75) is 37.5 Å². The molecule has 0 radical (unpaired) electrons. The summed E-state index contributed by atoms with van der Waals surface area (Å²) in [5.41, 5.74) is 0.956. The van der Waals surface area contributed by atoms with Gasteiger partial charge in [0.1, 0.15) is 0 Å². The van der Waals surface area contributed by atoms with E-state index in [1.807, 2.05) is 6.92 Å². The molecular formula is C13H18O7S. The van der Waals surface area contributed by atoms with E-state index >= 15 is 0 Å². The van der Waals surface area contributed by atoms with Gasteiger partial charge in [0.05, 0.1) is 4.90 Å². The molecule has 1 aromatic carbocycles. The number of carboxylic acids is 2. The zero-order valence-corrected chi connectivity index (χ0v) is 12.3. The highest BCUT2D eigenvalue weighted by molar-refractivity contribution is 7.85. The van der Waals surface area contributed by atoms with Gasteiger partial charge in [-0.15, -0.1) is 0 Å². The standard InChI is InChI=1S/C7H8O3S.C6H10O4/c1-6-2-4-7(5-3-6)11(8,9)10;7-5(8)3-1-2-4-6(9)10/h2-5H,1H3,(H,8,9,10);1-4H2,(H,7,8)(H,9,10). The monoisotopic (exact) mass is 318 g/mol. The molecule has 0 unspecified atom stereocenters. The van der Waals surface area contributed by atoms with Crippen molar-refractivity contribution in [3.05, 3.63) is 29.8 Å². The minimum absolute atomic E-state index is 0.0628. The van der Waals surface area contributed by atoms with E-state index in [0.29, 0.717) is 12.8 Å². The number of rotatable bonds is 6. The van der Waals surface area contributed by atoms with E-state index in [9.17, 15) is 18.0 Å². The van der Waals surface area contributed by atoms with Crippen LogP contribution in [0.3, 0.4) is 0 Å². The van der Waals surface area contributed by atoms with Crippen LogP contribution in [-0.4, -0.2) is 35.1 Å². The maximum atomic E-state index is 10.5. The molecule has 0 aromatic heterocycles. The SMILES string of the molecule is Cc1ccc(S(=O)(=O)O)cc1.O=C(O)CCCCC(=O)O. The van der Waals surface area contributed by atoms with E-state index < -0.39 is 22.1 Å². The maximum Gasteiger partial charge on any atom is 0.303 e. The Hall–Kier alpha value is -1.93. The molecule has 0 aliphatic carbocycles. The molecule has 118 valence electrons. The normalized spacial score (nSPS) is 10.4. The van der Waals surface area contributed by atoms with Crippen molar-refractivity contribution >= 4 is 22.1 Å². The number of benzene rings is 1. The predicted molar refractivity (Wildman–Crippen MR) is 74.7 cm³/mol. The molecule has 0 spiro atoms. The van der Waals surface area contributed by atoms with Gasteiger partial charge >= 0.3 is 11.9 Å². The molecule has 7 nitrogen and oxygen atoms in total. The van der Waals surface area contributed by atoms with Gasteiger partial charge in [-0.3, -0.25) is 14.1 Å². The van der Waals surface area contributed by atoms with Crippen LogP contribution in [0.2, 0.25) is 0 Å². The van der Waals surface area contributed by atoms with Crippen LogP contribution in [0.25, 0.3) is 0 Å². The van der Waals surface area contributed by atoms with Gasteiger partial charge < -0.3 is 10.2 Å². The highest BCUT2D eigenvalue weighted by atomic mass is 32.2. The molecular weight excluding hydrogens is 300 g/mol. The third-order valence-electron chi connectivity index (χ3n) is 2.35. The van der Waals surface area contributed by atoms with Crippen LogP contribution < -0.4 is 0 Å². The lowest BCUT2D eigenvalue weighted by Gasteiger charge is -1.95. The van der Waals surface area contributed by atoms with Crippen molar-refractivity contribution < 1.29 is 32.8 Å². The molecule has 3 N–H and O–H groups in total. The summed E-state index contributed by atoms with van der Waals surface area (Å²) < 4.78 is 29.6. The van der Waals surface area contributed by atoms with Gasteiger partial charge in [0, 0.05) is 12.8 Å². The average Bonchev–Trinajstić information content (AvgIpc) is 2.34. The fourth-order valence-corrected chi connectivity index (χ4v) is 1.74. The number of aliphatic carboxylic acids is 2. The largest absolute Gasteiger partial charge is 0.481 e. The van der Waals surface area contributed by atoms with E-state index in [4.69, 9.17) is 14.8 Å². The predicted octanol–water partition coefficient (Wildman–Crippen LogP) is 1.96. The number of hydrogen-bond acceptors (Lipinski definition) is 4. The molecule has 0 fully saturated rings. The summed E-state index contributed by atoms with van der Waals surface area (Å²) in [5, 5.41) is 16.3. The number of unbranched alkanes of at least 4 members (excludes halogenated alkanes) is 1. The van der Waals surface area contributed by atoms with E-state index in [2.05, 4.69) is 0 Å². The fraction of sp³-hybridized carbons (Fsp3) is 0.385. The zero-order valence-electron chi connectivity index (χ0n) is 11.5. The van der Waals surface area contributed by atoms with E-state index in [1.54, 1.807) is 12.1 Å². The summed E-state index contributed by atoms with van der Waals surface area (Å²) in [7, 11) is -4.02. The first-order valence-corrected chi connectivity index (χ1v) is 7.54. The first kappa shape index (κ1) is 19.1. The number of aryl methyl sites for hydroxylation is 1. The second kappa shape index (κ2) is 9.09. The Balaban J connectivity index is 0.000000384. The molecule has 0 aliphatic rings. The lowest BCUT2D eigenvalue weighted by molar-refractivity contribution is -0.139. The quantitative estimate of drug-likeness (QED) is 0.540. The highest BCUT2D eigenvalue weighted by Crippen LogP contribution is 2.08. The summed E-state index contributed by atoms with van der Waals surface area (Å²) in [5.74, 6) is -1.74. The van der Waals surface area contributed by atoms with E-state index in [1.165, 1.54) is 12.1 Å². The number of carboxylic acid groups (broad SMARTS) is 2. The second-order valence-corrected chi connectivity index (χ2v) is 5.70. The minimum Gasteiger partial charge on any atom is -0.481 e. The minimum atomic E-state index is -4.02. The Kier molecular flexibility index (Phi) is 8.25. The van der Waals surface area contributed by atoms with Crippen LogP contribution in [0.15, 0.2) is 29.2 Å². The molecule has 21 heavy (non-hydrogen) atoms. The van der Waals surface area contributed by atoms with E-state index in [-0.39, 0.29) is 17.7 Å². The van der Waals surface area contributed by atoms with Crippen LogP contribution in [0.4, 0.5) is 0 Å². The Bertz CT molecular complexity index is 545. The van der Waals surface area contributed by atoms with Gasteiger partial charge in [0.2, 0.25) is 0 Å². The van der Waals surface area contributed by atoms with Crippen molar-refractivity contribution in [2.24, 2.45) is 0 Å². The summed E-state index contributed by atoms with van der Waals surface area (Å²) in [6, 6.07) is 5.99.